The SMILES string of the molecule is OC[C@@H]1C[C@H](NC(c2ccc(F)cc2)c2cn[nH]n2)c2ccccc21. The molecule has 1 aliphatic rings. The maximum Gasteiger partial charge on any atom is 0.123 e. The van der Waals surface area contributed by atoms with Crippen molar-refractivity contribution in [3.05, 3.63) is 82.9 Å². The summed E-state index contributed by atoms with van der Waals surface area (Å²) >= 11 is 0. The molecule has 1 heterocycles. The van der Waals surface area contributed by atoms with Crippen molar-refractivity contribution in [2.45, 2.75) is 24.4 Å². The Morgan fingerprint density at radius 1 is 1.16 bits per heavy atom. The monoisotopic (exact) mass is 338 g/mol. The first-order chi connectivity index (χ1) is 12.3. The second-order valence-electron chi connectivity index (χ2n) is 6.34. The number of halogens is 1. The van der Waals surface area contributed by atoms with E-state index in [9.17, 15) is 9.50 Å². The van der Waals surface area contributed by atoms with Crippen LogP contribution in [-0.2, 0) is 0 Å². The molecule has 3 atom stereocenters. The number of H-pyrrole nitrogens is 1. The number of rotatable bonds is 5. The van der Waals surface area contributed by atoms with Crippen LogP contribution in [0.4, 0.5) is 4.39 Å². The molecule has 0 spiro atoms. The minimum absolute atomic E-state index is 0.0834. The lowest BCUT2D eigenvalue weighted by molar-refractivity contribution is 0.257. The van der Waals surface area contributed by atoms with Gasteiger partial charge in [0.2, 0.25) is 0 Å². The van der Waals surface area contributed by atoms with E-state index < -0.39 is 0 Å². The third kappa shape index (κ3) is 3.06. The molecule has 6 heteroatoms. The number of hydrogen-bond donors (Lipinski definition) is 3. The van der Waals surface area contributed by atoms with Crippen LogP contribution in [-0.4, -0.2) is 27.1 Å². The van der Waals surface area contributed by atoms with Crippen molar-refractivity contribution in [1.29, 1.82) is 0 Å². The Balaban J connectivity index is 1.67. The van der Waals surface area contributed by atoms with Gasteiger partial charge >= 0.3 is 0 Å². The minimum Gasteiger partial charge on any atom is -0.396 e. The number of hydrogen-bond acceptors (Lipinski definition) is 4. The second kappa shape index (κ2) is 6.74. The average Bonchev–Trinajstić information content (AvgIpc) is 3.29. The van der Waals surface area contributed by atoms with E-state index in [-0.39, 0.29) is 30.4 Å². The van der Waals surface area contributed by atoms with Crippen LogP contribution < -0.4 is 5.32 Å². The summed E-state index contributed by atoms with van der Waals surface area (Å²) in [6, 6.07) is 14.4. The topological polar surface area (TPSA) is 73.8 Å². The molecule has 25 heavy (non-hydrogen) atoms. The summed E-state index contributed by atoms with van der Waals surface area (Å²) in [6.45, 7) is 0.125. The lowest BCUT2D eigenvalue weighted by Crippen LogP contribution is -2.26. The fourth-order valence-corrected chi connectivity index (χ4v) is 3.63. The highest BCUT2D eigenvalue weighted by Gasteiger charge is 2.32. The Morgan fingerprint density at radius 3 is 2.60 bits per heavy atom. The van der Waals surface area contributed by atoms with Crippen LogP contribution in [0.2, 0.25) is 0 Å². The molecular weight excluding hydrogens is 319 g/mol. The normalized spacial score (nSPS) is 20.4. The summed E-state index contributed by atoms with van der Waals surface area (Å²) in [7, 11) is 0. The van der Waals surface area contributed by atoms with Gasteiger partial charge in [0.05, 0.1) is 18.8 Å². The molecule has 0 amide bonds. The third-order valence-corrected chi connectivity index (χ3v) is 4.85. The first kappa shape index (κ1) is 15.9. The number of nitrogens with one attached hydrogen (secondary N) is 2. The van der Waals surface area contributed by atoms with Crippen molar-refractivity contribution < 1.29 is 9.50 Å². The molecule has 1 unspecified atom stereocenters. The van der Waals surface area contributed by atoms with E-state index in [1.54, 1.807) is 18.3 Å². The van der Waals surface area contributed by atoms with Gasteiger partial charge in [-0.15, -0.1) is 0 Å². The van der Waals surface area contributed by atoms with Crippen LogP contribution in [0.15, 0.2) is 54.7 Å². The maximum atomic E-state index is 13.3. The van der Waals surface area contributed by atoms with E-state index in [0.29, 0.717) is 0 Å². The summed E-state index contributed by atoms with van der Waals surface area (Å²) in [5, 5.41) is 24.1. The molecule has 1 aliphatic carbocycles. The second-order valence-corrected chi connectivity index (χ2v) is 6.34. The van der Waals surface area contributed by atoms with Gasteiger partial charge in [0.25, 0.3) is 0 Å². The highest BCUT2D eigenvalue weighted by Crippen LogP contribution is 2.41. The van der Waals surface area contributed by atoms with Crippen molar-refractivity contribution >= 4 is 0 Å². The standard InChI is InChI=1S/C19H19FN4O/c20-14-7-5-12(6-8-14)19(18-10-21-24-23-18)22-17-9-13(11-25)15-3-1-2-4-16(15)17/h1-8,10,13,17,19,22,25H,9,11H2,(H,21,23,24)/t13-,17-,19?/m0/s1. The molecule has 3 N–H and O–H groups in total. The quantitative estimate of drug-likeness (QED) is 0.669. The van der Waals surface area contributed by atoms with Crippen LogP contribution in [0.5, 0.6) is 0 Å². The largest absolute Gasteiger partial charge is 0.396 e. The van der Waals surface area contributed by atoms with Gasteiger partial charge in [-0.1, -0.05) is 36.4 Å². The Morgan fingerprint density at radius 2 is 1.92 bits per heavy atom. The van der Waals surface area contributed by atoms with Gasteiger partial charge in [-0.2, -0.15) is 15.4 Å². The highest BCUT2D eigenvalue weighted by molar-refractivity contribution is 5.39. The Kier molecular flexibility index (Phi) is 4.29. The highest BCUT2D eigenvalue weighted by atomic mass is 19.1. The van der Waals surface area contributed by atoms with E-state index >= 15 is 0 Å². The Hall–Kier alpha value is -2.57. The van der Waals surface area contributed by atoms with Gasteiger partial charge in [-0.3, -0.25) is 5.32 Å². The van der Waals surface area contributed by atoms with Crippen molar-refractivity contribution in [2.24, 2.45) is 0 Å². The Bertz CT molecular complexity index is 835. The first-order valence-corrected chi connectivity index (χ1v) is 8.33. The number of benzene rings is 2. The van der Waals surface area contributed by atoms with Gasteiger partial charge in [0.1, 0.15) is 11.5 Å². The molecule has 0 saturated carbocycles. The van der Waals surface area contributed by atoms with E-state index in [1.165, 1.54) is 23.3 Å². The molecule has 0 aliphatic heterocycles. The predicted octanol–water partition coefficient (Wildman–Crippen LogP) is 2.84. The zero-order valence-electron chi connectivity index (χ0n) is 13.6. The van der Waals surface area contributed by atoms with Gasteiger partial charge in [0, 0.05) is 12.0 Å². The summed E-state index contributed by atoms with van der Waals surface area (Å²) in [5.74, 6) is -0.144. The maximum absolute atomic E-state index is 13.3. The van der Waals surface area contributed by atoms with E-state index in [2.05, 4.69) is 32.9 Å². The van der Waals surface area contributed by atoms with Gasteiger partial charge < -0.3 is 5.11 Å². The lowest BCUT2D eigenvalue weighted by Gasteiger charge is -2.23. The Labute approximate surface area is 144 Å². The van der Waals surface area contributed by atoms with Crippen molar-refractivity contribution in [3.63, 3.8) is 0 Å². The number of aliphatic hydroxyl groups excluding tert-OH is 1. The van der Waals surface area contributed by atoms with Gasteiger partial charge in [-0.05, 0) is 35.2 Å². The van der Waals surface area contributed by atoms with E-state index in [4.69, 9.17) is 0 Å². The zero-order chi connectivity index (χ0) is 17.2. The molecule has 5 nitrogen and oxygen atoms in total. The molecule has 0 saturated heterocycles. The third-order valence-electron chi connectivity index (χ3n) is 4.85. The van der Waals surface area contributed by atoms with E-state index in [0.717, 1.165) is 17.7 Å². The number of fused-ring (bicyclic) bond motifs is 1. The number of aliphatic hydroxyl groups is 1. The van der Waals surface area contributed by atoms with Crippen molar-refractivity contribution in [1.82, 2.24) is 20.7 Å². The van der Waals surface area contributed by atoms with Crippen LogP contribution >= 0.6 is 0 Å². The molecule has 1 aromatic heterocycles. The van der Waals surface area contributed by atoms with Crippen LogP contribution in [0.1, 0.15) is 46.8 Å². The smallest absolute Gasteiger partial charge is 0.123 e. The predicted molar refractivity (Wildman–Crippen MR) is 91.4 cm³/mol. The zero-order valence-corrected chi connectivity index (χ0v) is 13.6. The van der Waals surface area contributed by atoms with E-state index in [1.807, 2.05) is 12.1 Å². The summed E-state index contributed by atoms with van der Waals surface area (Å²) in [5.41, 5.74) is 4.04. The fraction of sp³-hybridized carbons (Fsp3) is 0.263. The van der Waals surface area contributed by atoms with Crippen LogP contribution in [0.3, 0.4) is 0 Å². The molecule has 4 rings (SSSR count). The van der Waals surface area contributed by atoms with Crippen molar-refractivity contribution in [2.75, 3.05) is 6.61 Å². The minimum atomic E-state index is -0.269. The lowest BCUT2D eigenvalue weighted by atomic mass is 10.0. The number of aromatic nitrogens is 3. The molecule has 128 valence electrons. The van der Waals surface area contributed by atoms with Gasteiger partial charge in [-0.25, -0.2) is 4.39 Å². The molecule has 2 aromatic carbocycles. The van der Waals surface area contributed by atoms with Crippen LogP contribution in [0.25, 0.3) is 0 Å². The van der Waals surface area contributed by atoms with Gasteiger partial charge in [0.15, 0.2) is 0 Å². The first-order valence-electron chi connectivity index (χ1n) is 8.33. The van der Waals surface area contributed by atoms with Crippen molar-refractivity contribution in [3.8, 4) is 0 Å². The molecule has 3 aromatic rings. The number of aromatic amines is 1. The molecule has 0 radical (unpaired) electrons. The fourth-order valence-electron chi connectivity index (χ4n) is 3.63. The average molecular weight is 338 g/mol. The number of nitrogens with zero attached hydrogens (tertiary/aromatic N) is 2. The molecular formula is C19H19FN4O. The van der Waals surface area contributed by atoms with Crippen LogP contribution in [0, 0.1) is 5.82 Å². The summed E-state index contributed by atoms with van der Waals surface area (Å²) in [6.07, 6.45) is 2.48. The summed E-state index contributed by atoms with van der Waals surface area (Å²) < 4.78 is 13.3. The summed E-state index contributed by atoms with van der Waals surface area (Å²) in [4.78, 5) is 0. The molecule has 0 bridgehead atoms. The molecule has 0 fully saturated rings.